The fourth-order valence-corrected chi connectivity index (χ4v) is 9.23. The lowest BCUT2D eigenvalue weighted by Gasteiger charge is -2.42. The van der Waals surface area contributed by atoms with Gasteiger partial charge in [0, 0.05) is 0 Å². The van der Waals surface area contributed by atoms with Crippen LogP contribution in [-0.4, -0.2) is 48.0 Å². The maximum atomic E-state index is 10.2. The van der Waals surface area contributed by atoms with E-state index in [1.165, 1.54) is 10.4 Å². The van der Waals surface area contributed by atoms with Crippen molar-refractivity contribution in [3.8, 4) is 17.2 Å². The van der Waals surface area contributed by atoms with Crippen LogP contribution in [0.25, 0.3) is 0 Å². The third-order valence-electron chi connectivity index (χ3n) is 6.45. The van der Waals surface area contributed by atoms with E-state index in [4.69, 9.17) is 18.6 Å². The molecule has 0 aliphatic carbocycles. The molecule has 36 heavy (non-hydrogen) atoms. The van der Waals surface area contributed by atoms with E-state index < -0.39 is 8.32 Å². The first-order chi connectivity index (χ1) is 17.3. The van der Waals surface area contributed by atoms with Crippen LogP contribution in [0.5, 0.6) is 17.2 Å². The number of hydrogen-bond donors (Lipinski definition) is 1. The van der Waals surface area contributed by atoms with Crippen molar-refractivity contribution < 1.29 is 23.7 Å². The standard InChI is InChI=1S/C30H38O5Si/c1-30(2,3)36(25-13-9-7-10-14-25,26-15-11-8-12-16-26)35-18-17-23(22-31)19-24-20-27(32-4)29(34-6)28(21-24)33-5/h7-17,20-21,31H,18-19,22H2,1-6H3/b23-17-. The Bertz CT molecular complexity index is 1070. The van der Waals surface area contributed by atoms with Gasteiger partial charge >= 0.3 is 0 Å². The zero-order valence-electron chi connectivity index (χ0n) is 22.2. The van der Waals surface area contributed by atoms with Crippen molar-refractivity contribution in [2.45, 2.75) is 32.2 Å². The Balaban J connectivity index is 1.95. The first-order valence-electron chi connectivity index (χ1n) is 12.1. The molecule has 0 heterocycles. The fourth-order valence-electron chi connectivity index (χ4n) is 4.74. The normalized spacial score (nSPS) is 12.4. The summed E-state index contributed by atoms with van der Waals surface area (Å²) in [5, 5.41) is 12.5. The molecule has 0 fully saturated rings. The van der Waals surface area contributed by atoms with Gasteiger partial charge in [0.05, 0.1) is 34.5 Å². The number of aliphatic hydroxyl groups excluding tert-OH is 1. The Kier molecular flexibility index (Phi) is 9.37. The quantitative estimate of drug-likeness (QED) is 0.300. The van der Waals surface area contributed by atoms with Crippen LogP contribution in [0.15, 0.2) is 84.4 Å². The molecule has 3 aromatic rings. The van der Waals surface area contributed by atoms with Crippen molar-refractivity contribution in [2.75, 3.05) is 34.5 Å². The van der Waals surface area contributed by atoms with Crippen LogP contribution in [0, 0.1) is 0 Å². The molecule has 0 aliphatic rings. The summed E-state index contributed by atoms with van der Waals surface area (Å²) >= 11 is 0. The van der Waals surface area contributed by atoms with Crippen molar-refractivity contribution in [2.24, 2.45) is 0 Å². The first kappa shape index (κ1) is 27.5. The average molecular weight is 507 g/mol. The van der Waals surface area contributed by atoms with E-state index in [1.807, 2.05) is 30.3 Å². The third-order valence-corrected chi connectivity index (χ3v) is 11.5. The number of ether oxygens (including phenoxy) is 3. The summed E-state index contributed by atoms with van der Waals surface area (Å²) in [6, 6.07) is 24.9. The van der Waals surface area contributed by atoms with E-state index in [-0.39, 0.29) is 11.6 Å². The van der Waals surface area contributed by atoms with Gasteiger partial charge in [-0.3, -0.25) is 0 Å². The maximum absolute atomic E-state index is 10.2. The Morgan fingerprint density at radius 3 is 1.69 bits per heavy atom. The summed E-state index contributed by atoms with van der Waals surface area (Å²) in [7, 11) is 2.14. The minimum Gasteiger partial charge on any atom is -0.493 e. The summed E-state index contributed by atoms with van der Waals surface area (Å²) in [6.07, 6.45) is 2.54. The van der Waals surface area contributed by atoms with Crippen LogP contribution in [-0.2, 0) is 10.8 Å². The Morgan fingerprint density at radius 2 is 1.31 bits per heavy atom. The van der Waals surface area contributed by atoms with Crippen LogP contribution in [0.3, 0.4) is 0 Å². The summed E-state index contributed by atoms with van der Waals surface area (Å²) in [5.41, 5.74) is 1.82. The van der Waals surface area contributed by atoms with Crippen molar-refractivity contribution in [1.29, 1.82) is 0 Å². The number of aliphatic hydroxyl groups is 1. The summed E-state index contributed by atoms with van der Waals surface area (Å²) < 4.78 is 23.4. The van der Waals surface area contributed by atoms with Crippen molar-refractivity contribution in [1.82, 2.24) is 0 Å². The molecule has 0 bridgehead atoms. The maximum Gasteiger partial charge on any atom is 0.261 e. The van der Waals surface area contributed by atoms with Gasteiger partial charge in [0.2, 0.25) is 5.75 Å². The average Bonchev–Trinajstić information content (AvgIpc) is 2.90. The molecule has 0 atom stereocenters. The molecule has 5 nitrogen and oxygen atoms in total. The van der Waals surface area contributed by atoms with Gasteiger partial charge in [0.1, 0.15) is 0 Å². The van der Waals surface area contributed by atoms with Gasteiger partial charge in [0.15, 0.2) is 11.5 Å². The van der Waals surface area contributed by atoms with E-state index in [1.54, 1.807) is 21.3 Å². The first-order valence-corrected chi connectivity index (χ1v) is 14.0. The lowest BCUT2D eigenvalue weighted by Crippen LogP contribution is -2.66. The Hall–Kier alpha value is -3.06. The molecule has 0 amide bonds. The lowest BCUT2D eigenvalue weighted by molar-refractivity contribution is 0.316. The topological polar surface area (TPSA) is 57.2 Å². The summed E-state index contributed by atoms with van der Waals surface area (Å²) in [5.74, 6) is 1.73. The van der Waals surface area contributed by atoms with Gasteiger partial charge in [-0.25, -0.2) is 0 Å². The highest BCUT2D eigenvalue weighted by atomic mass is 28.4. The molecule has 0 radical (unpaired) electrons. The molecular formula is C30H38O5Si. The molecule has 0 aliphatic heterocycles. The van der Waals surface area contributed by atoms with Gasteiger partial charge in [-0.1, -0.05) is 87.5 Å². The smallest absolute Gasteiger partial charge is 0.261 e. The minimum absolute atomic E-state index is 0.0687. The van der Waals surface area contributed by atoms with Crippen molar-refractivity contribution in [3.63, 3.8) is 0 Å². The molecule has 0 saturated heterocycles. The van der Waals surface area contributed by atoms with E-state index in [0.717, 1.165) is 11.1 Å². The molecule has 192 valence electrons. The zero-order valence-corrected chi connectivity index (χ0v) is 23.2. The second-order valence-corrected chi connectivity index (χ2v) is 14.0. The van der Waals surface area contributed by atoms with Gasteiger partial charge in [-0.2, -0.15) is 0 Å². The predicted molar refractivity (Wildman–Crippen MR) is 149 cm³/mol. The Morgan fingerprint density at radius 1 is 0.806 bits per heavy atom. The molecule has 0 spiro atoms. The van der Waals surface area contributed by atoms with Crippen LogP contribution in [0.1, 0.15) is 26.3 Å². The van der Waals surface area contributed by atoms with Gasteiger partial charge < -0.3 is 23.7 Å². The van der Waals surface area contributed by atoms with Gasteiger partial charge in [-0.15, -0.1) is 0 Å². The van der Waals surface area contributed by atoms with E-state index >= 15 is 0 Å². The van der Waals surface area contributed by atoms with Crippen LogP contribution in [0.2, 0.25) is 5.04 Å². The number of methoxy groups -OCH3 is 3. The second-order valence-electron chi connectivity index (χ2n) is 9.71. The highest BCUT2D eigenvalue weighted by Crippen LogP contribution is 2.39. The van der Waals surface area contributed by atoms with Gasteiger partial charge in [-0.05, 0) is 45.1 Å². The SMILES string of the molecule is COc1cc(C/C(=C/CO[Si](c2ccccc2)(c2ccccc2)C(C)(C)C)CO)cc(OC)c1OC. The second kappa shape index (κ2) is 12.3. The van der Waals surface area contributed by atoms with E-state index in [2.05, 4.69) is 69.3 Å². The largest absolute Gasteiger partial charge is 0.493 e. The molecule has 0 saturated carbocycles. The highest BCUT2D eigenvalue weighted by molar-refractivity contribution is 6.99. The van der Waals surface area contributed by atoms with Crippen LogP contribution >= 0.6 is 0 Å². The van der Waals surface area contributed by atoms with Gasteiger partial charge in [0.25, 0.3) is 8.32 Å². The molecule has 1 N–H and O–H groups in total. The molecule has 0 unspecified atom stereocenters. The van der Waals surface area contributed by atoms with Crippen LogP contribution in [0.4, 0.5) is 0 Å². The third kappa shape index (κ3) is 5.83. The Labute approximate surface area is 216 Å². The summed E-state index contributed by atoms with van der Waals surface area (Å²) in [4.78, 5) is 0. The van der Waals surface area contributed by atoms with Crippen LogP contribution < -0.4 is 24.6 Å². The number of hydrogen-bond acceptors (Lipinski definition) is 5. The molecule has 3 aromatic carbocycles. The summed E-state index contributed by atoms with van der Waals surface area (Å²) in [6.45, 7) is 7.10. The monoisotopic (exact) mass is 506 g/mol. The van der Waals surface area contributed by atoms with E-state index in [9.17, 15) is 5.11 Å². The number of rotatable bonds is 11. The van der Waals surface area contributed by atoms with Crippen molar-refractivity contribution in [3.05, 3.63) is 90.0 Å². The van der Waals surface area contributed by atoms with E-state index in [0.29, 0.717) is 30.3 Å². The molecular weight excluding hydrogens is 468 g/mol. The molecule has 0 aromatic heterocycles. The number of benzene rings is 3. The fraction of sp³-hybridized carbons (Fsp3) is 0.333. The zero-order chi connectivity index (χ0) is 26.2. The lowest BCUT2D eigenvalue weighted by atomic mass is 10.0. The molecule has 3 rings (SSSR count). The highest BCUT2D eigenvalue weighted by Gasteiger charge is 2.49. The predicted octanol–water partition coefficient (Wildman–Crippen LogP) is 4.75. The van der Waals surface area contributed by atoms with Crippen molar-refractivity contribution >= 4 is 18.7 Å². The minimum atomic E-state index is -2.65. The molecule has 6 heteroatoms.